The molecule has 0 aliphatic carbocycles. The summed E-state index contributed by atoms with van der Waals surface area (Å²) < 4.78 is 0. The van der Waals surface area contributed by atoms with E-state index in [1.54, 1.807) is 18.2 Å². The smallest absolute Gasteiger partial charge is 0.120 e. The van der Waals surface area contributed by atoms with Gasteiger partial charge in [0.2, 0.25) is 0 Å². The summed E-state index contributed by atoms with van der Waals surface area (Å²) in [6, 6.07) is 5.18. The highest BCUT2D eigenvalue weighted by Crippen LogP contribution is 2.31. The number of benzene rings is 1. The molecule has 1 nitrogen and oxygen atoms in total. The van der Waals surface area contributed by atoms with Crippen LogP contribution in [0.5, 0.6) is 5.75 Å². The third-order valence-electron chi connectivity index (χ3n) is 1.61. The van der Waals surface area contributed by atoms with E-state index in [9.17, 15) is 5.11 Å². The van der Waals surface area contributed by atoms with Gasteiger partial charge in [-0.05, 0) is 18.1 Å². The molecule has 0 amide bonds. The number of halogens is 1. The van der Waals surface area contributed by atoms with Gasteiger partial charge in [-0.2, -0.15) is 0 Å². The van der Waals surface area contributed by atoms with Crippen molar-refractivity contribution in [1.82, 2.24) is 0 Å². The van der Waals surface area contributed by atoms with Gasteiger partial charge >= 0.3 is 0 Å². The molecule has 0 unspecified atom stereocenters. The first-order valence-electron chi connectivity index (χ1n) is 3.60. The number of rotatable bonds is 1. The van der Waals surface area contributed by atoms with Crippen LogP contribution in [-0.4, -0.2) is 5.11 Å². The van der Waals surface area contributed by atoms with Crippen LogP contribution in [-0.2, 0) is 0 Å². The van der Waals surface area contributed by atoms with Crippen LogP contribution < -0.4 is 0 Å². The number of aromatic hydroxyl groups is 1. The Balaban J connectivity index is 3.21. The molecule has 0 fully saturated rings. The second-order valence-electron chi connectivity index (χ2n) is 2.83. The maximum absolute atomic E-state index is 9.38. The number of phenols is 1. The quantitative estimate of drug-likeness (QED) is 0.687. The molecule has 0 aliphatic rings. The lowest BCUT2D eigenvalue weighted by Crippen LogP contribution is -1.88. The van der Waals surface area contributed by atoms with Crippen molar-refractivity contribution in [2.75, 3.05) is 0 Å². The fourth-order valence-corrected chi connectivity index (χ4v) is 1.48. The monoisotopic (exact) mass is 170 g/mol. The SMILES string of the molecule is CC(C)c1c(O)cccc1Cl. The molecule has 0 atom stereocenters. The van der Waals surface area contributed by atoms with Crippen LogP contribution in [0, 0.1) is 0 Å². The first kappa shape index (κ1) is 8.41. The van der Waals surface area contributed by atoms with E-state index in [-0.39, 0.29) is 11.7 Å². The Hall–Kier alpha value is -0.690. The van der Waals surface area contributed by atoms with E-state index in [2.05, 4.69) is 0 Å². The van der Waals surface area contributed by atoms with Crippen molar-refractivity contribution < 1.29 is 5.11 Å². The molecule has 0 saturated heterocycles. The molecular weight excluding hydrogens is 160 g/mol. The van der Waals surface area contributed by atoms with E-state index in [1.807, 2.05) is 13.8 Å². The van der Waals surface area contributed by atoms with Crippen molar-refractivity contribution in [3.63, 3.8) is 0 Å². The van der Waals surface area contributed by atoms with Crippen LogP contribution in [0.3, 0.4) is 0 Å². The Morgan fingerprint density at radius 1 is 1.36 bits per heavy atom. The highest BCUT2D eigenvalue weighted by molar-refractivity contribution is 6.31. The fraction of sp³-hybridized carbons (Fsp3) is 0.333. The normalized spacial score (nSPS) is 10.5. The van der Waals surface area contributed by atoms with E-state index in [0.717, 1.165) is 5.56 Å². The summed E-state index contributed by atoms with van der Waals surface area (Å²) in [6.45, 7) is 4.00. The molecule has 0 spiro atoms. The van der Waals surface area contributed by atoms with Gasteiger partial charge in [0, 0.05) is 10.6 Å². The van der Waals surface area contributed by atoms with Crippen LogP contribution in [0.1, 0.15) is 25.3 Å². The molecule has 60 valence electrons. The molecule has 0 aliphatic heterocycles. The van der Waals surface area contributed by atoms with Gasteiger partial charge in [-0.1, -0.05) is 31.5 Å². The third-order valence-corrected chi connectivity index (χ3v) is 1.94. The van der Waals surface area contributed by atoms with E-state index in [1.165, 1.54) is 0 Å². The molecule has 0 bridgehead atoms. The average Bonchev–Trinajstić information content (AvgIpc) is 1.85. The fourth-order valence-electron chi connectivity index (χ4n) is 1.10. The van der Waals surface area contributed by atoms with Crippen LogP contribution in [0.2, 0.25) is 5.02 Å². The van der Waals surface area contributed by atoms with E-state index in [4.69, 9.17) is 11.6 Å². The van der Waals surface area contributed by atoms with Gasteiger partial charge in [0.05, 0.1) is 0 Å². The van der Waals surface area contributed by atoms with Crippen LogP contribution in [0.15, 0.2) is 18.2 Å². The maximum atomic E-state index is 9.38. The lowest BCUT2D eigenvalue weighted by molar-refractivity contribution is 0.465. The molecule has 0 aromatic heterocycles. The minimum absolute atomic E-state index is 0.267. The molecule has 0 heterocycles. The first-order chi connectivity index (χ1) is 5.13. The highest BCUT2D eigenvalue weighted by Gasteiger charge is 2.08. The third kappa shape index (κ3) is 1.66. The molecule has 1 rings (SSSR count). The van der Waals surface area contributed by atoms with E-state index < -0.39 is 0 Å². The molecular formula is C9H11ClO. The Morgan fingerprint density at radius 2 is 2.00 bits per heavy atom. The summed E-state index contributed by atoms with van der Waals surface area (Å²) in [6.07, 6.45) is 0. The zero-order valence-electron chi connectivity index (χ0n) is 6.63. The summed E-state index contributed by atoms with van der Waals surface area (Å²) in [4.78, 5) is 0. The minimum atomic E-state index is 0.267. The predicted octanol–water partition coefficient (Wildman–Crippen LogP) is 3.17. The lowest BCUT2D eigenvalue weighted by atomic mass is 10.0. The Kier molecular flexibility index (Phi) is 2.40. The van der Waals surface area contributed by atoms with Crippen molar-refractivity contribution >= 4 is 11.6 Å². The summed E-state index contributed by atoms with van der Waals surface area (Å²) in [5, 5.41) is 10.0. The van der Waals surface area contributed by atoms with Crippen molar-refractivity contribution in [3.05, 3.63) is 28.8 Å². The number of phenolic OH excluding ortho intramolecular Hbond substituents is 1. The molecule has 2 heteroatoms. The molecule has 1 aromatic rings. The highest BCUT2D eigenvalue weighted by atomic mass is 35.5. The molecule has 0 saturated carbocycles. The van der Waals surface area contributed by atoms with Crippen LogP contribution in [0.4, 0.5) is 0 Å². The Labute approximate surface area is 71.6 Å². The summed E-state index contributed by atoms with van der Waals surface area (Å²) >= 11 is 5.86. The Bertz CT molecular complexity index is 235. The van der Waals surface area contributed by atoms with Gasteiger partial charge in [-0.15, -0.1) is 0 Å². The van der Waals surface area contributed by atoms with Crippen molar-refractivity contribution in [2.24, 2.45) is 0 Å². The van der Waals surface area contributed by atoms with E-state index in [0.29, 0.717) is 5.02 Å². The van der Waals surface area contributed by atoms with Gasteiger partial charge in [-0.3, -0.25) is 0 Å². The largest absolute Gasteiger partial charge is 0.508 e. The van der Waals surface area contributed by atoms with E-state index >= 15 is 0 Å². The second-order valence-corrected chi connectivity index (χ2v) is 3.23. The zero-order chi connectivity index (χ0) is 8.43. The molecule has 0 radical (unpaired) electrons. The standard InChI is InChI=1S/C9H11ClO/c1-6(2)9-7(10)4-3-5-8(9)11/h3-6,11H,1-2H3. The predicted molar refractivity (Wildman–Crippen MR) is 47.2 cm³/mol. The Morgan fingerprint density at radius 3 is 2.36 bits per heavy atom. The topological polar surface area (TPSA) is 20.2 Å². The van der Waals surface area contributed by atoms with Crippen LogP contribution in [0.25, 0.3) is 0 Å². The van der Waals surface area contributed by atoms with Crippen molar-refractivity contribution in [1.29, 1.82) is 0 Å². The van der Waals surface area contributed by atoms with Gasteiger partial charge in [-0.25, -0.2) is 0 Å². The zero-order valence-corrected chi connectivity index (χ0v) is 7.39. The summed E-state index contributed by atoms with van der Waals surface area (Å²) in [5.74, 6) is 0.552. The number of hydrogen-bond acceptors (Lipinski definition) is 1. The van der Waals surface area contributed by atoms with Gasteiger partial charge in [0.15, 0.2) is 0 Å². The second kappa shape index (κ2) is 3.14. The van der Waals surface area contributed by atoms with Gasteiger partial charge < -0.3 is 5.11 Å². The summed E-state index contributed by atoms with van der Waals surface area (Å²) in [5.41, 5.74) is 0.828. The molecule has 1 aromatic carbocycles. The van der Waals surface area contributed by atoms with Gasteiger partial charge in [0.25, 0.3) is 0 Å². The lowest BCUT2D eigenvalue weighted by Gasteiger charge is -2.09. The average molecular weight is 171 g/mol. The van der Waals surface area contributed by atoms with Crippen molar-refractivity contribution in [3.8, 4) is 5.75 Å². The maximum Gasteiger partial charge on any atom is 0.120 e. The van der Waals surface area contributed by atoms with Crippen LogP contribution >= 0.6 is 11.6 Å². The minimum Gasteiger partial charge on any atom is -0.508 e. The molecule has 1 N–H and O–H groups in total. The van der Waals surface area contributed by atoms with Crippen molar-refractivity contribution in [2.45, 2.75) is 19.8 Å². The first-order valence-corrected chi connectivity index (χ1v) is 3.98. The summed E-state index contributed by atoms with van der Waals surface area (Å²) in [7, 11) is 0. The number of hydrogen-bond donors (Lipinski definition) is 1. The van der Waals surface area contributed by atoms with Gasteiger partial charge in [0.1, 0.15) is 5.75 Å². The molecule has 11 heavy (non-hydrogen) atoms.